The largest absolute Gasteiger partial charge is 0.490 e. The second kappa shape index (κ2) is 7.67. The first kappa shape index (κ1) is 19.3. The minimum absolute atomic E-state index is 0.415. The maximum absolute atomic E-state index is 10.6. The van der Waals surface area contributed by atoms with Gasteiger partial charge in [0, 0.05) is 18.3 Å². The zero-order valence-corrected chi connectivity index (χ0v) is 14.7. The van der Waals surface area contributed by atoms with Crippen LogP contribution in [-0.2, 0) is 4.79 Å². The molecule has 1 aliphatic heterocycles. The van der Waals surface area contributed by atoms with Crippen LogP contribution in [-0.4, -0.2) is 55.1 Å². The Morgan fingerprint density at radius 3 is 2.48 bits per heavy atom. The van der Waals surface area contributed by atoms with E-state index in [1.807, 2.05) is 10.9 Å². The number of alkyl halides is 3. The summed E-state index contributed by atoms with van der Waals surface area (Å²) in [5.74, 6) is -2.16. The monoisotopic (exact) mass is 386 g/mol. The van der Waals surface area contributed by atoms with Crippen LogP contribution in [0.15, 0.2) is 18.6 Å². The fourth-order valence-corrected chi connectivity index (χ4v) is 3.04. The average molecular weight is 386 g/mol. The van der Waals surface area contributed by atoms with Gasteiger partial charge in [0.15, 0.2) is 0 Å². The number of rotatable bonds is 3. The summed E-state index contributed by atoms with van der Waals surface area (Å²) >= 11 is 0. The molecule has 27 heavy (non-hydrogen) atoms. The lowest BCUT2D eigenvalue weighted by Gasteiger charge is -2.25. The van der Waals surface area contributed by atoms with Gasteiger partial charge in [0.05, 0.1) is 24.5 Å². The molecule has 1 aliphatic carbocycles. The normalized spacial score (nSPS) is 22.8. The van der Waals surface area contributed by atoms with E-state index in [0.29, 0.717) is 18.0 Å². The first-order valence-electron chi connectivity index (χ1n) is 8.73. The molecule has 1 saturated heterocycles. The summed E-state index contributed by atoms with van der Waals surface area (Å²) in [6.45, 7) is 4.28. The van der Waals surface area contributed by atoms with Crippen molar-refractivity contribution in [1.82, 2.24) is 30.1 Å². The quantitative estimate of drug-likeness (QED) is 0.840. The molecule has 2 aliphatic rings. The van der Waals surface area contributed by atoms with E-state index in [9.17, 15) is 13.2 Å². The van der Waals surface area contributed by atoms with Crippen molar-refractivity contribution >= 4 is 5.97 Å². The SMILES string of the molecule is C[C@@H]1CNC[C@H]1n1cc(-c2cnn(C3CCC3)c2)nn1.O=C(O)C(F)(F)F. The average Bonchev–Trinajstić information content (AvgIpc) is 3.24. The fourth-order valence-electron chi connectivity index (χ4n) is 3.04. The number of aliphatic carboxylic acids is 1. The molecule has 2 aromatic rings. The molecule has 8 nitrogen and oxygen atoms in total. The lowest BCUT2D eigenvalue weighted by Crippen LogP contribution is -2.21. The maximum Gasteiger partial charge on any atom is 0.490 e. The number of aromatic nitrogens is 5. The molecule has 11 heteroatoms. The second-order valence-corrected chi connectivity index (χ2v) is 6.88. The Labute approximate surface area is 153 Å². The van der Waals surface area contributed by atoms with Gasteiger partial charge in [-0.25, -0.2) is 9.48 Å². The summed E-state index contributed by atoms with van der Waals surface area (Å²) in [6.07, 6.45) is 4.80. The Morgan fingerprint density at radius 1 is 1.26 bits per heavy atom. The van der Waals surface area contributed by atoms with Gasteiger partial charge in [0.25, 0.3) is 0 Å². The number of carbonyl (C=O) groups is 1. The van der Waals surface area contributed by atoms with E-state index in [1.165, 1.54) is 19.3 Å². The summed E-state index contributed by atoms with van der Waals surface area (Å²) in [5, 5.41) is 23.6. The molecule has 3 heterocycles. The zero-order valence-electron chi connectivity index (χ0n) is 14.7. The van der Waals surface area contributed by atoms with Gasteiger partial charge < -0.3 is 10.4 Å². The van der Waals surface area contributed by atoms with E-state index in [-0.39, 0.29) is 0 Å². The molecular formula is C16H21F3N6O2. The van der Waals surface area contributed by atoms with Crippen molar-refractivity contribution in [3.05, 3.63) is 18.6 Å². The summed E-state index contributed by atoms with van der Waals surface area (Å²) in [4.78, 5) is 8.90. The number of nitrogens with one attached hydrogen (secondary N) is 1. The lowest BCUT2D eigenvalue weighted by molar-refractivity contribution is -0.192. The number of hydrogen-bond donors (Lipinski definition) is 2. The predicted octanol–water partition coefficient (Wildman–Crippen LogP) is 2.28. The van der Waals surface area contributed by atoms with Crippen molar-refractivity contribution in [2.24, 2.45) is 5.92 Å². The van der Waals surface area contributed by atoms with Crippen molar-refractivity contribution in [3.63, 3.8) is 0 Å². The van der Waals surface area contributed by atoms with Crippen molar-refractivity contribution in [1.29, 1.82) is 0 Å². The standard InChI is InChI=1S/C14H20N6.C2HF3O2/c1-10-5-15-7-14(10)20-9-13(17-18-20)11-6-16-19(8-11)12-3-2-4-12;3-2(4,5)1(6)7/h6,8-10,12,14-15H,2-5,7H2,1H3;(H,6,7)/t10-,14-;/m1./s1. The van der Waals surface area contributed by atoms with Gasteiger partial charge in [-0.1, -0.05) is 12.1 Å². The van der Waals surface area contributed by atoms with Crippen molar-refractivity contribution in [2.75, 3.05) is 13.1 Å². The molecule has 148 valence electrons. The smallest absolute Gasteiger partial charge is 0.475 e. The third-order valence-corrected chi connectivity index (χ3v) is 4.92. The molecule has 0 bridgehead atoms. The number of nitrogens with zero attached hydrogens (tertiary/aromatic N) is 5. The molecule has 0 aromatic carbocycles. The predicted molar refractivity (Wildman–Crippen MR) is 88.9 cm³/mol. The number of hydrogen-bond acceptors (Lipinski definition) is 5. The minimum Gasteiger partial charge on any atom is -0.475 e. The third kappa shape index (κ3) is 4.46. The van der Waals surface area contributed by atoms with Crippen LogP contribution < -0.4 is 5.32 Å². The highest BCUT2D eigenvalue weighted by molar-refractivity contribution is 5.73. The number of halogens is 3. The fraction of sp³-hybridized carbons (Fsp3) is 0.625. The van der Waals surface area contributed by atoms with Gasteiger partial charge in [-0.05, 0) is 31.7 Å². The first-order chi connectivity index (χ1) is 12.8. The Hall–Kier alpha value is -2.43. The lowest BCUT2D eigenvalue weighted by atomic mass is 9.93. The van der Waals surface area contributed by atoms with Gasteiger partial charge in [-0.3, -0.25) is 4.68 Å². The van der Waals surface area contributed by atoms with Crippen LogP contribution in [0.5, 0.6) is 0 Å². The summed E-state index contributed by atoms with van der Waals surface area (Å²) in [7, 11) is 0. The van der Waals surface area contributed by atoms with E-state index in [0.717, 1.165) is 24.3 Å². The Kier molecular flexibility index (Phi) is 5.49. The van der Waals surface area contributed by atoms with E-state index < -0.39 is 12.1 Å². The molecule has 1 saturated carbocycles. The molecular weight excluding hydrogens is 365 g/mol. The van der Waals surface area contributed by atoms with Crippen LogP contribution in [0, 0.1) is 5.92 Å². The molecule has 2 N–H and O–H groups in total. The molecule has 2 fully saturated rings. The van der Waals surface area contributed by atoms with E-state index >= 15 is 0 Å². The Bertz CT molecular complexity index is 783. The third-order valence-electron chi connectivity index (χ3n) is 4.92. The van der Waals surface area contributed by atoms with Gasteiger partial charge >= 0.3 is 12.1 Å². The van der Waals surface area contributed by atoms with Gasteiger partial charge in [0.2, 0.25) is 0 Å². The van der Waals surface area contributed by atoms with E-state index in [1.54, 1.807) is 0 Å². The summed E-state index contributed by atoms with van der Waals surface area (Å²) in [5.41, 5.74) is 2.00. The molecule has 2 atom stereocenters. The van der Waals surface area contributed by atoms with Gasteiger partial charge in [-0.2, -0.15) is 18.3 Å². The Morgan fingerprint density at radius 2 is 1.96 bits per heavy atom. The zero-order chi connectivity index (χ0) is 19.6. The van der Waals surface area contributed by atoms with Crippen LogP contribution in [0.4, 0.5) is 13.2 Å². The highest BCUT2D eigenvalue weighted by Gasteiger charge is 2.38. The van der Waals surface area contributed by atoms with Gasteiger partial charge in [-0.15, -0.1) is 5.10 Å². The van der Waals surface area contributed by atoms with Crippen molar-refractivity contribution in [3.8, 4) is 11.3 Å². The first-order valence-corrected chi connectivity index (χ1v) is 8.73. The Balaban J connectivity index is 0.000000260. The van der Waals surface area contributed by atoms with Crippen LogP contribution in [0.3, 0.4) is 0 Å². The highest BCUT2D eigenvalue weighted by atomic mass is 19.4. The van der Waals surface area contributed by atoms with Crippen molar-refractivity contribution in [2.45, 2.75) is 44.4 Å². The molecule has 0 amide bonds. The molecule has 2 aromatic heterocycles. The highest BCUT2D eigenvalue weighted by Crippen LogP contribution is 2.32. The molecule has 0 unspecified atom stereocenters. The summed E-state index contributed by atoms with van der Waals surface area (Å²) in [6, 6.07) is 1.01. The maximum atomic E-state index is 10.6. The summed E-state index contributed by atoms with van der Waals surface area (Å²) < 4.78 is 35.8. The van der Waals surface area contributed by atoms with Gasteiger partial charge in [0.1, 0.15) is 5.69 Å². The minimum atomic E-state index is -5.08. The van der Waals surface area contributed by atoms with E-state index in [2.05, 4.69) is 44.7 Å². The second-order valence-electron chi connectivity index (χ2n) is 6.88. The molecule has 4 rings (SSSR count). The van der Waals surface area contributed by atoms with Crippen LogP contribution in [0.25, 0.3) is 11.3 Å². The van der Waals surface area contributed by atoms with Crippen LogP contribution in [0.2, 0.25) is 0 Å². The molecule has 0 radical (unpaired) electrons. The topological polar surface area (TPSA) is 97.9 Å². The number of carboxylic acid groups (broad SMARTS) is 1. The van der Waals surface area contributed by atoms with Crippen LogP contribution >= 0.6 is 0 Å². The van der Waals surface area contributed by atoms with Crippen molar-refractivity contribution < 1.29 is 23.1 Å². The molecule has 0 spiro atoms. The van der Waals surface area contributed by atoms with E-state index in [4.69, 9.17) is 9.90 Å². The van der Waals surface area contributed by atoms with Crippen LogP contribution in [0.1, 0.15) is 38.3 Å². The number of carboxylic acids is 1.